The summed E-state index contributed by atoms with van der Waals surface area (Å²) in [5.74, 6) is -0.928. The number of amides is 1. The molecule has 0 saturated heterocycles. The zero-order valence-electron chi connectivity index (χ0n) is 16.7. The van der Waals surface area contributed by atoms with Gasteiger partial charge in [0.2, 0.25) is 0 Å². The van der Waals surface area contributed by atoms with Crippen LogP contribution >= 0.6 is 11.3 Å². The Bertz CT molecular complexity index is 1300. The molecule has 2 N–H and O–H groups in total. The number of para-hydroxylation sites is 1. The van der Waals surface area contributed by atoms with Crippen LogP contribution in [-0.4, -0.2) is 24.6 Å². The number of carbonyl (C=O) groups is 1. The smallest absolute Gasteiger partial charge is 0.266 e. The van der Waals surface area contributed by atoms with E-state index in [1.54, 1.807) is 37.5 Å². The van der Waals surface area contributed by atoms with Gasteiger partial charge in [-0.25, -0.2) is 17.9 Å². The van der Waals surface area contributed by atoms with Crippen LogP contribution in [0.25, 0.3) is 11.3 Å². The largest absolute Gasteiger partial charge is 0.298 e. The summed E-state index contributed by atoms with van der Waals surface area (Å²) in [6, 6.07) is 14.1. The zero-order valence-corrected chi connectivity index (χ0v) is 18.4. The molecule has 7 nitrogen and oxygen atoms in total. The summed E-state index contributed by atoms with van der Waals surface area (Å²) < 4.78 is 36.9. The van der Waals surface area contributed by atoms with Gasteiger partial charge in [0, 0.05) is 23.3 Å². The summed E-state index contributed by atoms with van der Waals surface area (Å²) in [5, 5.41) is 4.93. The molecule has 4 aromatic rings. The highest BCUT2D eigenvalue weighted by molar-refractivity contribution is 7.81. The molecule has 0 radical (unpaired) electrons. The number of nitrogens with zero attached hydrogens (tertiary/aromatic N) is 3. The molecular weight excluding hydrogens is 451 g/mol. The van der Waals surface area contributed by atoms with Crippen LogP contribution in [0.15, 0.2) is 72.4 Å². The molecular formula is C22H17FN4O3S2. The predicted octanol–water partition coefficient (Wildman–Crippen LogP) is 5.18. The molecule has 0 aliphatic carbocycles. The van der Waals surface area contributed by atoms with Crippen molar-refractivity contribution < 1.29 is 17.9 Å². The van der Waals surface area contributed by atoms with Gasteiger partial charge >= 0.3 is 0 Å². The number of anilines is 3. The van der Waals surface area contributed by atoms with Crippen molar-refractivity contribution in [2.24, 2.45) is 0 Å². The third kappa shape index (κ3) is 4.57. The number of rotatable bonds is 6. The molecule has 2 aromatic carbocycles. The molecule has 1 unspecified atom stereocenters. The summed E-state index contributed by atoms with van der Waals surface area (Å²) >= 11 is -1.24. The van der Waals surface area contributed by atoms with Crippen molar-refractivity contribution >= 4 is 45.0 Å². The van der Waals surface area contributed by atoms with Gasteiger partial charge in [-0.3, -0.25) is 19.6 Å². The second-order valence-corrected chi connectivity index (χ2v) is 8.39. The number of aromatic nitrogens is 2. The van der Waals surface area contributed by atoms with Crippen LogP contribution in [0, 0.1) is 12.7 Å². The Morgan fingerprint density at radius 2 is 1.91 bits per heavy atom. The predicted molar refractivity (Wildman–Crippen MR) is 124 cm³/mol. The minimum absolute atomic E-state index is 0.164. The Morgan fingerprint density at radius 1 is 1.16 bits per heavy atom. The Hall–Kier alpha value is -3.47. The van der Waals surface area contributed by atoms with Gasteiger partial charge in [-0.1, -0.05) is 12.1 Å². The molecule has 2 aromatic heterocycles. The summed E-state index contributed by atoms with van der Waals surface area (Å²) in [6.07, 6.45) is 3.31. The zero-order chi connectivity index (χ0) is 22.7. The summed E-state index contributed by atoms with van der Waals surface area (Å²) in [5.41, 5.74) is 2.51. The lowest BCUT2D eigenvalue weighted by Crippen LogP contribution is -2.23. The number of hydrogen-bond donors (Lipinski definition) is 2. The maximum Gasteiger partial charge on any atom is 0.266 e. The van der Waals surface area contributed by atoms with Gasteiger partial charge in [-0.05, 0) is 55.0 Å². The third-order valence-electron chi connectivity index (χ3n) is 4.60. The van der Waals surface area contributed by atoms with Gasteiger partial charge in [-0.2, -0.15) is 0 Å². The lowest BCUT2D eigenvalue weighted by atomic mass is 10.1. The highest BCUT2D eigenvalue weighted by Crippen LogP contribution is 2.32. The lowest BCUT2D eigenvalue weighted by molar-refractivity contribution is 0.102. The fourth-order valence-corrected chi connectivity index (χ4v) is 4.40. The molecule has 1 atom stereocenters. The van der Waals surface area contributed by atoms with Crippen molar-refractivity contribution in [2.45, 2.75) is 6.92 Å². The van der Waals surface area contributed by atoms with Crippen molar-refractivity contribution in [1.82, 2.24) is 9.97 Å². The Balaban J connectivity index is 1.65. The molecule has 1 amide bonds. The van der Waals surface area contributed by atoms with Crippen molar-refractivity contribution in [3.05, 3.63) is 89.3 Å². The van der Waals surface area contributed by atoms with E-state index in [2.05, 4.69) is 15.3 Å². The normalized spacial score (nSPS) is 11.7. The first-order valence-corrected chi connectivity index (χ1v) is 11.3. The Morgan fingerprint density at radius 3 is 2.62 bits per heavy atom. The SMILES string of the molecule is Cc1cc(N(c2ccccc2C(=O)Nc2nc(-c3ccncc3)cs2)S(=O)O)ccc1F. The number of thiazole rings is 1. The van der Waals surface area contributed by atoms with Crippen molar-refractivity contribution in [3.63, 3.8) is 0 Å². The van der Waals surface area contributed by atoms with Gasteiger partial charge in [0.15, 0.2) is 5.13 Å². The van der Waals surface area contributed by atoms with E-state index in [4.69, 9.17) is 0 Å². The first kappa shape index (κ1) is 21.8. The van der Waals surface area contributed by atoms with Gasteiger partial charge in [0.05, 0.1) is 22.6 Å². The molecule has 0 fully saturated rings. The molecule has 0 saturated carbocycles. The number of hydrogen-bond acceptors (Lipinski definition) is 5. The van der Waals surface area contributed by atoms with Crippen LogP contribution in [0.3, 0.4) is 0 Å². The van der Waals surface area contributed by atoms with Crippen molar-refractivity contribution in [3.8, 4) is 11.3 Å². The lowest BCUT2D eigenvalue weighted by Gasteiger charge is -2.23. The summed E-state index contributed by atoms with van der Waals surface area (Å²) in [7, 11) is 0. The molecule has 32 heavy (non-hydrogen) atoms. The van der Waals surface area contributed by atoms with E-state index in [1.165, 1.54) is 35.6 Å². The molecule has 0 spiro atoms. The molecule has 2 heterocycles. The molecule has 162 valence electrons. The molecule has 4 rings (SSSR count). The van der Waals surface area contributed by atoms with Crippen molar-refractivity contribution in [2.75, 3.05) is 9.62 Å². The summed E-state index contributed by atoms with van der Waals surface area (Å²) in [6.45, 7) is 1.55. The Labute approximate surface area is 190 Å². The van der Waals surface area contributed by atoms with E-state index in [9.17, 15) is 17.9 Å². The molecule has 0 bridgehead atoms. The highest BCUT2D eigenvalue weighted by atomic mass is 32.2. The average Bonchev–Trinajstić information content (AvgIpc) is 3.25. The fourth-order valence-electron chi connectivity index (χ4n) is 3.06. The molecule has 0 aliphatic heterocycles. The number of pyridine rings is 1. The van der Waals surface area contributed by atoms with E-state index >= 15 is 0 Å². The maximum atomic E-state index is 13.7. The second-order valence-electron chi connectivity index (χ2n) is 6.70. The molecule has 0 aliphatic rings. The first-order valence-electron chi connectivity index (χ1n) is 9.37. The minimum atomic E-state index is -2.50. The van der Waals surface area contributed by atoms with Crippen LogP contribution in [0.4, 0.5) is 20.9 Å². The third-order valence-corrected chi connectivity index (χ3v) is 6.08. The maximum absolute atomic E-state index is 13.7. The van der Waals surface area contributed by atoms with Crippen LogP contribution < -0.4 is 9.62 Å². The molecule has 10 heteroatoms. The topological polar surface area (TPSA) is 95.4 Å². The summed E-state index contributed by atoms with van der Waals surface area (Å²) in [4.78, 5) is 21.4. The standard InChI is InChI=1S/C22H17FN4O3S2/c1-14-12-16(6-7-18(14)23)27(32(29)30)20-5-3-2-4-17(20)21(28)26-22-25-19(13-31-22)15-8-10-24-11-9-15/h2-13H,1H3,(H,29,30)(H,25,26,28). The van der Waals surface area contributed by atoms with Crippen LogP contribution in [0.5, 0.6) is 0 Å². The van der Waals surface area contributed by atoms with E-state index < -0.39 is 23.0 Å². The monoisotopic (exact) mass is 468 g/mol. The van der Waals surface area contributed by atoms with E-state index in [-0.39, 0.29) is 16.9 Å². The highest BCUT2D eigenvalue weighted by Gasteiger charge is 2.23. The van der Waals surface area contributed by atoms with E-state index in [1.807, 2.05) is 17.5 Å². The number of carbonyl (C=O) groups excluding carboxylic acids is 1. The number of aryl methyl sites for hydroxylation is 1. The van der Waals surface area contributed by atoms with Gasteiger partial charge in [-0.15, -0.1) is 11.3 Å². The van der Waals surface area contributed by atoms with Crippen LogP contribution in [0.2, 0.25) is 0 Å². The van der Waals surface area contributed by atoms with E-state index in [0.717, 1.165) is 9.87 Å². The van der Waals surface area contributed by atoms with Crippen LogP contribution in [0.1, 0.15) is 15.9 Å². The second kappa shape index (κ2) is 9.35. The van der Waals surface area contributed by atoms with Gasteiger partial charge in [0.25, 0.3) is 17.2 Å². The Kier molecular flexibility index (Phi) is 6.35. The van der Waals surface area contributed by atoms with Gasteiger partial charge in [0.1, 0.15) is 5.82 Å². The quantitative estimate of drug-likeness (QED) is 0.380. The first-order chi connectivity index (χ1) is 15.4. The van der Waals surface area contributed by atoms with Gasteiger partial charge < -0.3 is 0 Å². The number of nitrogens with one attached hydrogen (secondary N) is 1. The number of benzene rings is 2. The number of halogens is 1. The fraction of sp³-hybridized carbons (Fsp3) is 0.0455. The van der Waals surface area contributed by atoms with E-state index in [0.29, 0.717) is 16.4 Å². The average molecular weight is 469 g/mol. The van der Waals surface area contributed by atoms with Crippen molar-refractivity contribution in [1.29, 1.82) is 0 Å². The minimum Gasteiger partial charge on any atom is -0.298 e. The van der Waals surface area contributed by atoms with Crippen LogP contribution in [-0.2, 0) is 11.3 Å².